The molecule has 0 fully saturated rings. The second-order valence-corrected chi connectivity index (χ2v) is 6.45. The zero-order valence-electron chi connectivity index (χ0n) is 16.8. The molecule has 0 saturated heterocycles. The highest BCUT2D eigenvalue weighted by Gasteiger charge is 2.15. The van der Waals surface area contributed by atoms with Gasteiger partial charge in [-0.15, -0.1) is 0 Å². The van der Waals surface area contributed by atoms with Crippen LogP contribution >= 0.6 is 0 Å². The van der Waals surface area contributed by atoms with Gasteiger partial charge in [0.15, 0.2) is 17.6 Å². The Morgan fingerprint density at radius 2 is 1.59 bits per heavy atom. The summed E-state index contributed by atoms with van der Waals surface area (Å²) in [6.45, 7) is 11.1. The Kier molecular flexibility index (Phi) is 7.53. The molecule has 0 aromatic heterocycles. The van der Waals surface area contributed by atoms with E-state index in [-0.39, 0.29) is 5.91 Å². The molecule has 0 aliphatic carbocycles. The lowest BCUT2D eigenvalue weighted by atomic mass is 10.1. The molecular weight excluding hydrogens is 342 g/mol. The van der Waals surface area contributed by atoms with Crippen molar-refractivity contribution < 1.29 is 19.0 Å². The molecule has 2 aromatic rings. The van der Waals surface area contributed by atoms with Gasteiger partial charge in [-0.1, -0.05) is 12.1 Å². The molecule has 27 heavy (non-hydrogen) atoms. The van der Waals surface area contributed by atoms with Crippen LogP contribution in [0.1, 0.15) is 37.5 Å². The van der Waals surface area contributed by atoms with Crippen molar-refractivity contribution in [3.05, 3.63) is 53.1 Å². The minimum atomic E-state index is -0.583. The van der Waals surface area contributed by atoms with Gasteiger partial charge in [0, 0.05) is 6.54 Å². The summed E-state index contributed by atoms with van der Waals surface area (Å²) in [6.07, 6.45) is -0.583. The number of carbonyl (C=O) groups is 1. The molecule has 5 heteroatoms. The van der Waals surface area contributed by atoms with Crippen molar-refractivity contribution in [3.63, 3.8) is 0 Å². The van der Waals surface area contributed by atoms with E-state index in [1.165, 1.54) is 0 Å². The number of hydrogen-bond donors (Lipinski definition) is 1. The molecule has 5 nitrogen and oxygen atoms in total. The van der Waals surface area contributed by atoms with Crippen molar-refractivity contribution in [1.29, 1.82) is 0 Å². The van der Waals surface area contributed by atoms with Gasteiger partial charge in [-0.2, -0.15) is 0 Å². The van der Waals surface area contributed by atoms with Crippen molar-refractivity contribution in [2.24, 2.45) is 0 Å². The Morgan fingerprint density at radius 3 is 2.22 bits per heavy atom. The Balaban J connectivity index is 1.96. The predicted molar refractivity (Wildman–Crippen MR) is 107 cm³/mol. The van der Waals surface area contributed by atoms with Crippen LogP contribution in [0.2, 0.25) is 0 Å². The SMILES string of the molecule is CCOc1ccc(CNC(=O)C(C)Oc2cc(C)cc(C)c2)cc1OCC. The molecule has 146 valence electrons. The van der Waals surface area contributed by atoms with Crippen LogP contribution in [0.3, 0.4) is 0 Å². The van der Waals surface area contributed by atoms with E-state index in [9.17, 15) is 4.79 Å². The van der Waals surface area contributed by atoms with Gasteiger partial charge in [-0.3, -0.25) is 4.79 Å². The third kappa shape index (κ3) is 6.20. The molecule has 0 heterocycles. The summed E-state index contributed by atoms with van der Waals surface area (Å²) in [5.41, 5.74) is 3.15. The molecule has 0 spiro atoms. The Hall–Kier alpha value is -2.69. The maximum absolute atomic E-state index is 12.4. The molecule has 1 unspecified atom stereocenters. The summed E-state index contributed by atoms with van der Waals surface area (Å²) in [7, 11) is 0. The highest BCUT2D eigenvalue weighted by molar-refractivity contribution is 5.80. The minimum Gasteiger partial charge on any atom is -0.490 e. The monoisotopic (exact) mass is 371 g/mol. The normalized spacial score (nSPS) is 11.6. The summed E-state index contributed by atoms with van der Waals surface area (Å²) in [6, 6.07) is 11.6. The lowest BCUT2D eigenvalue weighted by Crippen LogP contribution is -2.35. The quantitative estimate of drug-likeness (QED) is 0.718. The van der Waals surface area contributed by atoms with E-state index in [4.69, 9.17) is 14.2 Å². The zero-order valence-corrected chi connectivity index (χ0v) is 16.8. The van der Waals surface area contributed by atoms with E-state index in [1.54, 1.807) is 6.92 Å². The Labute approximate surface area is 161 Å². The summed E-state index contributed by atoms with van der Waals surface area (Å²) >= 11 is 0. The lowest BCUT2D eigenvalue weighted by Gasteiger charge is -2.16. The van der Waals surface area contributed by atoms with E-state index in [0.717, 1.165) is 16.7 Å². The molecule has 1 atom stereocenters. The molecule has 2 aromatic carbocycles. The number of nitrogens with one attached hydrogen (secondary N) is 1. The fourth-order valence-electron chi connectivity index (χ4n) is 2.80. The number of amides is 1. The Bertz CT molecular complexity index is 753. The fourth-order valence-corrected chi connectivity index (χ4v) is 2.80. The van der Waals surface area contributed by atoms with Crippen molar-refractivity contribution in [2.75, 3.05) is 13.2 Å². The van der Waals surface area contributed by atoms with E-state index in [1.807, 2.05) is 58.0 Å². The number of carbonyl (C=O) groups excluding carboxylic acids is 1. The number of aryl methyl sites for hydroxylation is 2. The molecular formula is C22H29NO4. The van der Waals surface area contributed by atoms with Crippen molar-refractivity contribution in [1.82, 2.24) is 5.32 Å². The first-order valence-corrected chi connectivity index (χ1v) is 9.34. The van der Waals surface area contributed by atoms with Crippen molar-refractivity contribution in [2.45, 2.75) is 47.3 Å². The molecule has 1 amide bonds. The van der Waals surface area contributed by atoms with E-state index in [2.05, 4.69) is 11.4 Å². The summed E-state index contributed by atoms with van der Waals surface area (Å²) in [4.78, 5) is 12.4. The summed E-state index contributed by atoms with van der Waals surface area (Å²) in [5, 5.41) is 2.91. The van der Waals surface area contributed by atoms with Crippen LogP contribution in [0.4, 0.5) is 0 Å². The molecule has 2 rings (SSSR count). The van der Waals surface area contributed by atoms with Gasteiger partial charge in [-0.25, -0.2) is 0 Å². The van der Waals surface area contributed by atoms with Gasteiger partial charge in [0.1, 0.15) is 5.75 Å². The maximum atomic E-state index is 12.4. The maximum Gasteiger partial charge on any atom is 0.261 e. The standard InChI is InChI=1S/C22H29NO4/c1-6-25-20-9-8-18(13-21(20)26-7-2)14-23-22(24)17(5)27-19-11-15(3)10-16(4)12-19/h8-13,17H,6-7,14H2,1-5H3,(H,23,24). The first-order chi connectivity index (χ1) is 12.9. The smallest absolute Gasteiger partial charge is 0.261 e. The van der Waals surface area contributed by atoms with Crippen LogP contribution in [0.15, 0.2) is 36.4 Å². The van der Waals surface area contributed by atoms with Crippen LogP contribution in [0, 0.1) is 13.8 Å². The molecule has 1 N–H and O–H groups in total. The van der Waals surface area contributed by atoms with Gasteiger partial charge >= 0.3 is 0 Å². The van der Waals surface area contributed by atoms with Crippen LogP contribution in [0.5, 0.6) is 17.2 Å². The number of rotatable bonds is 9. The number of benzene rings is 2. The van der Waals surface area contributed by atoms with Gasteiger partial charge < -0.3 is 19.5 Å². The van der Waals surface area contributed by atoms with Gasteiger partial charge in [0.05, 0.1) is 13.2 Å². The van der Waals surface area contributed by atoms with E-state index in [0.29, 0.717) is 37.0 Å². The van der Waals surface area contributed by atoms with E-state index < -0.39 is 6.10 Å². The van der Waals surface area contributed by atoms with Crippen LogP contribution in [-0.2, 0) is 11.3 Å². The molecule has 0 saturated carbocycles. The highest BCUT2D eigenvalue weighted by atomic mass is 16.5. The average molecular weight is 371 g/mol. The van der Waals surface area contributed by atoms with Crippen molar-refractivity contribution >= 4 is 5.91 Å². The Morgan fingerprint density at radius 1 is 0.963 bits per heavy atom. The molecule has 0 radical (unpaired) electrons. The summed E-state index contributed by atoms with van der Waals surface area (Å²) in [5.74, 6) is 1.93. The highest BCUT2D eigenvalue weighted by Crippen LogP contribution is 2.28. The number of ether oxygens (including phenoxy) is 3. The molecule has 0 bridgehead atoms. The van der Waals surface area contributed by atoms with E-state index >= 15 is 0 Å². The van der Waals surface area contributed by atoms with Gasteiger partial charge in [0.25, 0.3) is 5.91 Å². The minimum absolute atomic E-state index is 0.166. The second-order valence-electron chi connectivity index (χ2n) is 6.45. The average Bonchev–Trinajstić information content (AvgIpc) is 2.61. The van der Waals surface area contributed by atoms with Gasteiger partial charge in [-0.05, 0) is 75.6 Å². The van der Waals surface area contributed by atoms with Crippen LogP contribution in [0.25, 0.3) is 0 Å². The third-order valence-electron chi connectivity index (χ3n) is 3.95. The first kappa shape index (κ1) is 20.6. The zero-order chi connectivity index (χ0) is 19.8. The predicted octanol–water partition coefficient (Wildman–Crippen LogP) is 4.18. The third-order valence-corrected chi connectivity index (χ3v) is 3.95. The number of hydrogen-bond acceptors (Lipinski definition) is 4. The summed E-state index contributed by atoms with van der Waals surface area (Å²) < 4.78 is 17.0. The molecule has 0 aliphatic rings. The van der Waals surface area contributed by atoms with Crippen LogP contribution < -0.4 is 19.5 Å². The van der Waals surface area contributed by atoms with Crippen molar-refractivity contribution in [3.8, 4) is 17.2 Å². The fraction of sp³-hybridized carbons (Fsp3) is 0.409. The first-order valence-electron chi connectivity index (χ1n) is 9.34. The lowest BCUT2D eigenvalue weighted by molar-refractivity contribution is -0.127. The van der Waals surface area contributed by atoms with Gasteiger partial charge in [0.2, 0.25) is 0 Å². The topological polar surface area (TPSA) is 56.8 Å². The molecule has 0 aliphatic heterocycles. The second kappa shape index (κ2) is 9.86. The van der Waals surface area contributed by atoms with Crippen LogP contribution in [-0.4, -0.2) is 25.2 Å². The largest absolute Gasteiger partial charge is 0.490 e.